The standard InChI is InChI=1S/C54H45N4O4.C48H33N4O4.2Au.2ClH/c59-49(60)22-14-3-1-2-4-15-23-50(61)62-40-26-24-39(25-27-40)54-47-34-32-45(57-47)52(37-18-10-6-11-19-37)43-30-28-41(55-43)51(36-16-8-5-9-17-36)42-29-31-44(56-42)53(38-20-12-7-13-21-38)46-33-35-48(54)58-46;53-43(54)28-29-44(55)56-34-18-16-33(17-19-34)48-41-26-24-39(51-41)46(31-12-6-2-7-13-31)37-22-20-35(49-37)45(30-10-4-1-5-11-30)36-21-23-38(50-36)47(32-14-8-3-9-15-32)40-25-27-42(48)52-40;;;;/h5-13,16-21,24-35H,1-4,14-15,22-23H2,(H2-,55,56,57,58,59,60);1-27H,28-29H2,(H2-,49,50,51,52,53,54);;;2*1H/q2*-1;;;;/p-4. The fourth-order valence-corrected chi connectivity index (χ4v) is 15.4. The molecule has 0 saturated heterocycles. The molecule has 122 heavy (non-hydrogen) atoms. The third-order valence-corrected chi connectivity index (χ3v) is 20.9. The average Bonchev–Trinajstić information content (AvgIpc) is 1.61. The minimum absolute atomic E-state index is 0. The third kappa shape index (κ3) is 19.7. The summed E-state index contributed by atoms with van der Waals surface area (Å²) in [6.45, 7) is 0. The molecule has 614 valence electrons. The molecule has 8 aromatic carbocycles. The molecular formula is C102H76Au2Cl2N8O8-6. The summed E-state index contributed by atoms with van der Waals surface area (Å²) in [7, 11) is 0. The smallest absolute Gasteiger partial charge is 0.311 e. The molecule has 10 heterocycles. The van der Waals surface area contributed by atoms with Gasteiger partial charge in [0.05, 0.1) is 58.4 Å². The Morgan fingerprint density at radius 2 is 0.418 bits per heavy atom. The minimum Gasteiger partial charge on any atom is -1.00 e. The van der Waals surface area contributed by atoms with Crippen molar-refractivity contribution in [3.05, 3.63) is 325 Å². The van der Waals surface area contributed by atoms with Crippen LogP contribution in [-0.4, -0.2) is 54.0 Å². The Hall–Kier alpha value is -13.1. The number of carboxylic acids is 2. The zero-order chi connectivity index (χ0) is 80.3. The summed E-state index contributed by atoms with van der Waals surface area (Å²) in [5.41, 5.74) is 27.1. The maximum atomic E-state index is 12.8. The van der Waals surface area contributed by atoms with Crippen molar-refractivity contribution in [1.82, 2.24) is 39.9 Å². The zero-order valence-electron chi connectivity index (χ0n) is 65.5. The number of carbonyl (C=O) groups is 4. The van der Waals surface area contributed by atoms with Gasteiger partial charge >= 0.3 is 23.9 Å². The van der Waals surface area contributed by atoms with Gasteiger partial charge in [-0.1, -0.05) is 280 Å². The van der Waals surface area contributed by atoms with Crippen molar-refractivity contribution in [2.24, 2.45) is 0 Å². The number of fused-ring (bicyclic) bond motifs is 16. The van der Waals surface area contributed by atoms with Crippen LogP contribution in [0.1, 0.15) is 110 Å². The molecule has 4 aliphatic heterocycles. The van der Waals surface area contributed by atoms with E-state index in [2.05, 4.69) is 109 Å². The zero-order valence-corrected chi connectivity index (χ0v) is 71.4. The molecule has 0 amide bonds. The molecular weight excluding hydrogens is 1930 g/mol. The van der Waals surface area contributed by atoms with Gasteiger partial charge in [0, 0.05) is 57.6 Å². The topological polar surface area (TPSA) is 235 Å². The van der Waals surface area contributed by atoms with Crippen molar-refractivity contribution >= 4 is 117 Å². The number of benzene rings is 8. The summed E-state index contributed by atoms with van der Waals surface area (Å²) in [6.07, 6.45) is 21.5. The Kier molecular flexibility index (Phi) is 28.7. The van der Waals surface area contributed by atoms with Crippen molar-refractivity contribution in [1.29, 1.82) is 0 Å². The van der Waals surface area contributed by atoms with E-state index in [-0.39, 0.29) is 94.8 Å². The largest absolute Gasteiger partial charge is 1.00 e. The van der Waals surface area contributed by atoms with Crippen molar-refractivity contribution < 1.29 is 108 Å². The number of rotatable bonds is 22. The quantitative estimate of drug-likeness (QED) is 0.0278. The monoisotopic (exact) mass is 2000 g/mol. The van der Waals surface area contributed by atoms with Crippen LogP contribution in [-0.2, 0) is 63.9 Å². The number of aliphatic carboxylic acids is 2. The van der Waals surface area contributed by atoms with Gasteiger partial charge in [-0.05, 0) is 175 Å². The Morgan fingerprint density at radius 3 is 0.631 bits per heavy atom. The van der Waals surface area contributed by atoms with Crippen LogP contribution in [0.4, 0.5) is 0 Å². The Labute approximate surface area is 748 Å². The molecule has 4 aliphatic rings. The van der Waals surface area contributed by atoms with Gasteiger partial charge in [0.1, 0.15) is 11.5 Å². The normalized spacial score (nSPS) is 11.4. The van der Waals surface area contributed by atoms with Gasteiger partial charge < -0.3 is 64.4 Å². The van der Waals surface area contributed by atoms with E-state index in [9.17, 15) is 19.2 Å². The maximum Gasteiger partial charge on any atom is 0.311 e. The van der Waals surface area contributed by atoms with Crippen molar-refractivity contribution in [3.8, 4) is 101 Å². The first kappa shape index (κ1) is 86.7. The summed E-state index contributed by atoms with van der Waals surface area (Å²) >= 11 is 0. The molecule has 0 saturated carbocycles. The molecule has 14 aromatic rings. The van der Waals surface area contributed by atoms with E-state index in [1.807, 2.05) is 206 Å². The number of aromatic nitrogens is 8. The summed E-state index contributed by atoms with van der Waals surface area (Å²) < 4.78 is 11.2. The second-order valence-corrected chi connectivity index (χ2v) is 28.8. The van der Waals surface area contributed by atoms with Crippen molar-refractivity contribution in [2.45, 2.75) is 64.2 Å². The first-order valence-electron chi connectivity index (χ1n) is 39.5. The second-order valence-electron chi connectivity index (χ2n) is 28.8. The summed E-state index contributed by atoms with van der Waals surface area (Å²) in [5.74, 6) is -1.92. The fourth-order valence-electron chi connectivity index (χ4n) is 15.4. The first-order chi connectivity index (χ1) is 58.0. The van der Waals surface area contributed by atoms with Crippen LogP contribution < -0.4 is 54.2 Å². The van der Waals surface area contributed by atoms with Crippen molar-refractivity contribution in [2.75, 3.05) is 0 Å². The van der Waals surface area contributed by atoms with Gasteiger partial charge in [0.2, 0.25) is 0 Å². The molecule has 0 spiro atoms. The third-order valence-electron chi connectivity index (χ3n) is 20.9. The first-order valence-corrected chi connectivity index (χ1v) is 39.5. The van der Waals surface area contributed by atoms with Gasteiger partial charge in [-0.25, -0.2) is 19.9 Å². The van der Waals surface area contributed by atoms with E-state index < -0.39 is 17.9 Å². The Morgan fingerprint density at radius 1 is 0.230 bits per heavy atom. The van der Waals surface area contributed by atoms with Crippen LogP contribution in [0, 0.1) is 0 Å². The van der Waals surface area contributed by atoms with E-state index in [0.717, 1.165) is 200 Å². The fraction of sp³-hybridized carbons (Fsp3) is 0.0980. The number of halogens is 2. The molecule has 2 radical (unpaired) electrons. The van der Waals surface area contributed by atoms with Gasteiger partial charge in [-0.2, -0.15) is 0 Å². The van der Waals surface area contributed by atoms with Crippen LogP contribution in [0.2, 0.25) is 0 Å². The molecule has 0 fully saturated rings. The van der Waals surface area contributed by atoms with E-state index in [0.29, 0.717) is 35.6 Å². The summed E-state index contributed by atoms with van der Waals surface area (Å²) in [4.78, 5) is 89.3. The molecule has 20 heteroatoms. The van der Waals surface area contributed by atoms with E-state index >= 15 is 0 Å². The average molecular weight is 2010 g/mol. The number of hydrogen-bond donors (Lipinski definition) is 2. The maximum absolute atomic E-state index is 12.8. The predicted molar refractivity (Wildman–Crippen MR) is 470 cm³/mol. The van der Waals surface area contributed by atoms with E-state index in [1.54, 1.807) is 12.1 Å². The molecule has 16 nitrogen and oxygen atoms in total. The van der Waals surface area contributed by atoms with E-state index in [1.165, 1.54) is 0 Å². The van der Waals surface area contributed by atoms with Crippen LogP contribution in [0.15, 0.2) is 279 Å². The van der Waals surface area contributed by atoms with Crippen molar-refractivity contribution in [3.63, 3.8) is 0 Å². The Bertz CT molecular complexity index is 6580. The van der Waals surface area contributed by atoms with Crippen LogP contribution in [0.5, 0.6) is 11.5 Å². The number of unbranched alkanes of at least 4 members (excludes halogenated alkanes) is 5. The second kappa shape index (κ2) is 40.3. The van der Waals surface area contributed by atoms with Gasteiger partial charge in [0.25, 0.3) is 0 Å². The van der Waals surface area contributed by atoms with Gasteiger partial charge in [-0.15, -0.1) is 44.1 Å². The molecule has 0 aliphatic carbocycles. The SMILES string of the molecule is O=C(O)CCC(=O)Oc1ccc(-c2c3nc(c(-c4ccccc4)c4ccc([n-]4)c(-c4ccccc4)c4nc(c(-c5ccccc5)c5ccc2[n-]5)C=C4)C=C3)cc1.O=C(O)CCCCCCCCC(=O)Oc1ccc(-c2c3nc(c(-c4ccccc4)c4ccc([n-]4)c(-c4ccccc4)c4nc(c(-c5ccccc5)c5ccc2[n-]5)C=C4)C=C3)cc1.[Au].[Au].[Cl-].[Cl-]. The van der Waals surface area contributed by atoms with Crippen LogP contribution in [0.3, 0.4) is 0 Å². The molecule has 0 atom stereocenters. The minimum atomic E-state index is -1.06. The van der Waals surface area contributed by atoms with E-state index in [4.69, 9.17) is 59.6 Å². The van der Waals surface area contributed by atoms with Gasteiger partial charge in [0.15, 0.2) is 0 Å². The molecule has 18 rings (SSSR count). The number of hydrogen-bond acceptors (Lipinski definition) is 10. The molecule has 2 N–H and O–H groups in total. The summed E-state index contributed by atoms with van der Waals surface area (Å²) in [6, 6.07) is 92.3. The number of nitrogens with zero attached hydrogens (tertiary/aromatic N) is 8. The molecule has 0 unspecified atom stereocenters. The number of ether oxygens (including phenoxy) is 2. The predicted octanol–water partition coefficient (Wildman–Crippen LogP) is 17.0. The number of carboxylic acid groups (broad SMARTS) is 2. The molecule has 6 aromatic heterocycles. The Balaban J connectivity index is 0.000000204. The van der Waals surface area contributed by atoms with Crippen LogP contribution in [0.25, 0.3) is 182 Å². The summed E-state index contributed by atoms with van der Waals surface area (Å²) in [5, 5.41) is 17.8. The number of esters is 2. The molecule has 16 bridgehead atoms. The number of carbonyl (C=O) groups excluding carboxylic acids is 2. The van der Waals surface area contributed by atoms with Gasteiger partial charge in [-0.3, -0.25) is 19.2 Å². The van der Waals surface area contributed by atoms with Crippen LogP contribution >= 0.6 is 0 Å².